The molecule has 2 unspecified atom stereocenters. The van der Waals surface area contributed by atoms with E-state index in [0.717, 1.165) is 0 Å². The van der Waals surface area contributed by atoms with Gasteiger partial charge in [-0.25, -0.2) is 9.59 Å². The second kappa shape index (κ2) is 5.91. The first-order valence-electron chi connectivity index (χ1n) is 5.04. The zero-order valence-corrected chi connectivity index (χ0v) is 10.1. The summed E-state index contributed by atoms with van der Waals surface area (Å²) < 4.78 is 9.70. The number of thioether (sulfide) groups is 1. The Bertz CT molecular complexity index is 305. The van der Waals surface area contributed by atoms with Crippen molar-refractivity contribution in [3.63, 3.8) is 0 Å². The Balaban J connectivity index is 2.56. The summed E-state index contributed by atoms with van der Waals surface area (Å²) in [6, 6.07) is -0.626. The monoisotopic (exact) mass is 245 g/mol. The van der Waals surface area contributed by atoms with Gasteiger partial charge in [0.15, 0.2) is 5.37 Å². The summed E-state index contributed by atoms with van der Waals surface area (Å²) >= 11 is 1.19. The lowest BCUT2D eigenvalue weighted by Crippen LogP contribution is -2.40. The first kappa shape index (κ1) is 13.1. The van der Waals surface area contributed by atoms with Crippen molar-refractivity contribution in [2.75, 3.05) is 13.2 Å². The molecule has 1 N–H and O–H groups in total. The van der Waals surface area contributed by atoms with Crippen LogP contribution in [0.3, 0.4) is 0 Å². The van der Waals surface area contributed by atoms with Gasteiger partial charge in [-0.2, -0.15) is 0 Å². The largest absolute Gasteiger partial charge is 0.465 e. The Morgan fingerprint density at radius 3 is 2.44 bits per heavy atom. The molecule has 0 aromatic heterocycles. The van der Waals surface area contributed by atoms with E-state index in [0.29, 0.717) is 18.1 Å². The molecule has 0 aliphatic carbocycles. The second-order valence-electron chi connectivity index (χ2n) is 3.07. The van der Waals surface area contributed by atoms with Crippen LogP contribution in [0.5, 0.6) is 0 Å². The van der Waals surface area contributed by atoms with Crippen molar-refractivity contribution in [1.29, 1.82) is 0 Å². The van der Waals surface area contributed by atoms with Crippen molar-refractivity contribution < 1.29 is 19.1 Å². The molecule has 0 spiro atoms. The summed E-state index contributed by atoms with van der Waals surface area (Å²) in [4.78, 5) is 23.5. The first-order chi connectivity index (χ1) is 7.60. The molecule has 0 amide bonds. The van der Waals surface area contributed by atoms with Crippen molar-refractivity contribution in [3.8, 4) is 0 Å². The van der Waals surface area contributed by atoms with E-state index >= 15 is 0 Å². The lowest BCUT2D eigenvalue weighted by molar-refractivity contribution is -0.145. The number of ether oxygens (including phenoxy) is 2. The minimum Gasteiger partial charge on any atom is -0.465 e. The van der Waals surface area contributed by atoms with Crippen LogP contribution in [0.1, 0.15) is 13.8 Å². The van der Waals surface area contributed by atoms with Crippen LogP contribution in [0, 0.1) is 0 Å². The number of hydrogen-bond acceptors (Lipinski definition) is 6. The topological polar surface area (TPSA) is 64.6 Å². The Labute approximate surface area is 98.6 Å². The third-order valence-electron chi connectivity index (χ3n) is 1.93. The minimum absolute atomic E-state index is 0.305. The Morgan fingerprint density at radius 2 is 1.88 bits per heavy atom. The molecule has 0 radical (unpaired) electrons. The Morgan fingerprint density at radius 1 is 1.31 bits per heavy atom. The number of nitrogens with one attached hydrogen (secondary N) is 1. The number of hydrogen-bond donors (Lipinski definition) is 1. The van der Waals surface area contributed by atoms with Gasteiger partial charge in [-0.3, -0.25) is 5.32 Å². The molecule has 0 aromatic carbocycles. The molecule has 1 heterocycles. The summed E-state index contributed by atoms with van der Waals surface area (Å²) in [5, 5.41) is 2.26. The van der Waals surface area contributed by atoms with Crippen LogP contribution in [0.15, 0.2) is 11.5 Å². The highest BCUT2D eigenvalue weighted by atomic mass is 32.2. The third kappa shape index (κ3) is 2.99. The SMILES string of the molecule is C=C1SC(C(=O)OCC)NC1C(=O)OCC. The quantitative estimate of drug-likeness (QED) is 0.734. The number of rotatable bonds is 4. The van der Waals surface area contributed by atoms with Gasteiger partial charge in [-0.05, 0) is 13.8 Å². The lowest BCUT2D eigenvalue weighted by Gasteiger charge is -2.11. The zero-order valence-electron chi connectivity index (χ0n) is 9.32. The number of esters is 2. The molecule has 1 saturated heterocycles. The normalized spacial score (nSPS) is 24.2. The van der Waals surface area contributed by atoms with Gasteiger partial charge in [-0.1, -0.05) is 18.3 Å². The summed E-state index contributed by atoms with van der Waals surface area (Å²) in [6.45, 7) is 7.80. The highest BCUT2D eigenvalue weighted by molar-refractivity contribution is 8.04. The molecule has 1 fully saturated rings. The summed E-state index contributed by atoms with van der Waals surface area (Å²) in [5.41, 5.74) is 0. The van der Waals surface area contributed by atoms with E-state index in [9.17, 15) is 9.59 Å². The zero-order chi connectivity index (χ0) is 12.1. The van der Waals surface area contributed by atoms with Crippen LogP contribution >= 0.6 is 11.8 Å². The van der Waals surface area contributed by atoms with E-state index < -0.39 is 17.4 Å². The molecule has 1 aliphatic heterocycles. The maximum absolute atomic E-state index is 11.5. The molecule has 16 heavy (non-hydrogen) atoms. The molecule has 1 rings (SSSR count). The molecule has 5 nitrogen and oxygen atoms in total. The summed E-state index contributed by atoms with van der Waals surface area (Å²) in [6.07, 6.45) is 0. The van der Waals surface area contributed by atoms with Gasteiger partial charge >= 0.3 is 11.9 Å². The fourth-order valence-corrected chi connectivity index (χ4v) is 2.23. The van der Waals surface area contributed by atoms with Crippen LogP contribution < -0.4 is 5.32 Å². The Kier molecular flexibility index (Phi) is 4.82. The van der Waals surface area contributed by atoms with Gasteiger partial charge in [-0.15, -0.1) is 0 Å². The van der Waals surface area contributed by atoms with Gasteiger partial charge in [0.1, 0.15) is 6.04 Å². The first-order valence-corrected chi connectivity index (χ1v) is 5.92. The van der Waals surface area contributed by atoms with Crippen molar-refractivity contribution in [3.05, 3.63) is 11.5 Å². The number of carbonyl (C=O) groups excluding carboxylic acids is 2. The van der Waals surface area contributed by atoms with Gasteiger partial charge < -0.3 is 9.47 Å². The van der Waals surface area contributed by atoms with Crippen molar-refractivity contribution in [1.82, 2.24) is 5.32 Å². The smallest absolute Gasteiger partial charge is 0.334 e. The average molecular weight is 245 g/mol. The minimum atomic E-state index is -0.626. The predicted octanol–water partition coefficient (Wildman–Crippen LogP) is 0.657. The molecule has 0 aromatic rings. The fraction of sp³-hybridized carbons (Fsp3) is 0.600. The summed E-state index contributed by atoms with van der Waals surface area (Å²) in [7, 11) is 0. The van der Waals surface area contributed by atoms with Crippen LogP contribution in [-0.2, 0) is 19.1 Å². The second-order valence-corrected chi connectivity index (χ2v) is 4.30. The number of carbonyl (C=O) groups is 2. The third-order valence-corrected chi connectivity index (χ3v) is 3.03. The molecular weight excluding hydrogens is 230 g/mol. The molecular formula is C10H15NO4S. The maximum Gasteiger partial charge on any atom is 0.334 e. The van der Waals surface area contributed by atoms with Crippen molar-refractivity contribution in [2.24, 2.45) is 0 Å². The predicted molar refractivity (Wildman–Crippen MR) is 60.7 cm³/mol. The molecule has 0 saturated carbocycles. The molecule has 6 heteroatoms. The van der Waals surface area contributed by atoms with E-state index in [-0.39, 0.29) is 5.97 Å². The average Bonchev–Trinajstić information content (AvgIpc) is 2.61. The summed E-state index contributed by atoms with van der Waals surface area (Å²) in [5.74, 6) is -0.799. The fourth-order valence-electron chi connectivity index (χ4n) is 1.26. The molecule has 90 valence electrons. The van der Waals surface area contributed by atoms with Gasteiger partial charge in [0, 0.05) is 4.91 Å². The van der Waals surface area contributed by atoms with Crippen molar-refractivity contribution in [2.45, 2.75) is 25.3 Å². The maximum atomic E-state index is 11.5. The van der Waals surface area contributed by atoms with E-state index in [4.69, 9.17) is 9.47 Å². The van der Waals surface area contributed by atoms with Crippen LogP contribution in [0.25, 0.3) is 0 Å². The van der Waals surface area contributed by atoms with E-state index in [1.165, 1.54) is 11.8 Å². The van der Waals surface area contributed by atoms with E-state index in [1.807, 2.05) is 0 Å². The van der Waals surface area contributed by atoms with Crippen LogP contribution in [0.2, 0.25) is 0 Å². The molecule has 0 bridgehead atoms. The highest BCUT2D eigenvalue weighted by Gasteiger charge is 2.38. The Hall–Kier alpha value is -1.01. The van der Waals surface area contributed by atoms with Gasteiger partial charge in [0.25, 0.3) is 0 Å². The lowest BCUT2D eigenvalue weighted by atomic mass is 10.3. The van der Waals surface area contributed by atoms with E-state index in [1.54, 1.807) is 13.8 Å². The van der Waals surface area contributed by atoms with Crippen LogP contribution in [0.4, 0.5) is 0 Å². The molecule has 2 atom stereocenters. The highest BCUT2D eigenvalue weighted by Crippen LogP contribution is 2.30. The van der Waals surface area contributed by atoms with Gasteiger partial charge in [0.05, 0.1) is 13.2 Å². The molecule has 1 aliphatic rings. The van der Waals surface area contributed by atoms with Gasteiger partial charge in [0.2, 0.25) is 0 Å². The van der Waals surface area contributed by atoms with E-state index in [2.05, 4.69) is 11.9 Å². The standard InChI is InChI=1S/C10H15NO4S/c1-4-14-9(12)7-6(3)16-8(11-7)10(13)15-5-2/h7-8,11H,3-5H2,1-2H3. The van der Waals surface area contributed by atoms with Crippen molar-refractivity contribution >= 4 is 23.7 Å². The van der Waals surface area contributed by atoms with Crippen LogP contribution in [-0.4, -0.2) is 36.6 Å².